The molecule has 2 aromatic rings. The molecule has 0 atom stereocenters. The van der Waals surface area contributed by atoms with Crippen LogP contribution in [0.15, 0.2) is 42.9 Å². The molecule has 2 rings (SSSR count). The second-order valence-corrected chi connectivity index (χ2v) is 3.63. The van der Waals surface area contributed by atoms with Gasteiger partial charge in [0.15, 0.2) is 0 Å². The van der Waals surface area contributed by atoms with Gasteiger partial charge in [0.1, 0.15) is 5.75 Å². The number of carboxylic acid groups (broad SMARTS) is 1. The monoisotopic (exact) mass is 244 g/mol. The van der Waals surface area contributed by atoms with Crippen molar-refractivity contribution in [2.75, 3.05) is 6.61 Å². The van der Waals surface area contributed by atoms with Gasteiger partial charge in [0.2, 0.25) is 0 Å². The quantitative estimate of drug-likeness (QED) is 0.868. The minimum atomic E-state index is -1.02. The standard InChI is InChI=1S/C13H12N2O3/c16-13(17)10-7-12(9-14-8-10)18-6-4-11-3-1-2-5-15-11/h1-3,5,7-9H,4,6H2,(H,16,17). The van der Waals surface area contributed by atoms with Crippen molar-refractivity contribution in [1.82, 2.24) is 9.97 Å². The van der Waals surface area contributed by atoms with Gasteiger partial charge in [0.05, 0.1) is 18.4 Å². The molecule has 2 aromatic heterocycles. The Labute approximate surface area is 104 Å². The number of carbonyl (C=O) groups is 1. The van der Waals surface area contributed by atoms with E-state index in [4.69, 9.17) is 9.84 Å². The zero-order chi connectivity index (χ0) is 12.8. The molecule has 0 unspecified atom stereocenters. The van der Waals surface area contributed by atoms with Crippen LogP contribution in [0, 0.1) is 0 Å². The molecule has 18 heavy (non-hydrogen) atoms. The van der Waals surface area contributed by atoms with Gasteiger partial charge in [-0.1, -0.05) is 6.07 Å². The topological polar surface area (TPSA) is 72.3 Å². The van der Waals surface area contributed by atoms with Gasteiger partial charge in [-0.05, 0) is 18.2 Å². The summed E-state index contributed by atoms with van der Waals surface area (Å²) < 4.78 is 5.43. The first-order valence-electron chi connectivity index (χ1n) is 5.47. The maximum atomic E-state index is 10.7. The van der Waals surface area contributed by atoms with E-state index in [1.807, 2.05) is 18.2 Å². The van der Waals surface area contributed by atoms with Crippen molar-refractivity contribution in [1.29, 1.82) is 0 Å². The summed E-state index contributed by atoms with van der Waals surface area (Å²) in [4.78, 5) is 18.7. The van der Waals surface area contributed by atoms with Crippen LogP contribution >= 0.6 is 0 Å². The Hall–Kier alpha value is -2.43. The molecule has 0 aliphatic carbocycles. The summed E-state index contributed by atoms with van der Waals surface area (Å²) in [6, 6.07) is 7.13. The molecule has 0 spiro atoms. The lowest BCUT2D eigenvalue weighted by molar-refractivity contribution is 0.0696. The highest BCUT2D eigenvalue weighted by molar-refractivity contribution is 5.87. The number of aromatic nitrogens is 2. The second-order valence-electron chi connectivity index (χ2n) is 3.63. The number of hydrogen-bond donors (Lipinski definition) is 1. The molecule has 0 fully saturated rings. The molecule has 5 nitrogen and oxygen atoms in total. The second kappa shape index (κ2) is 5.77. The van der Waals surface area contributed by atoms with Crippen molar-refractivity contribution < 1.29 is 14.6 Å². The predicted octanol–water partition coefficient (Wildman–Crippen LogP) is 1.80. The van der Waals surface area contributed by atoms with Gasteiger partial charge >= 0.3 is 5.97 Å². The highest BCUT2D eigenvalue weighted by atomic mass is 16.5. The molecule has 2 heterocycles. The zero-order valence-corrected chi connectivity index (χ0v) is 9.61. The third-order valence-corrected chi connectivity index (χ3v) is 2.31. The fraction of sp³-hybridized carbons (Fsp3) is 0.154. The average molecular weight is 244 g/mol. The van der Waals surface area contributed by atoms with Gasteiger partial charge in [0.25, 0.3) is 0 Å². The molecule has 92 valence electrons. The van der Waals surface area contributed by atoms with E-state index in [0.717, 1.165) is 5.69 Å². The number of nitrogens with zero attached hydrogens (tertiary/aromatic N) is 2. The number of rotatable bonds is 5. The van der Waals surface area contributed by atoms with E-state index in [0.29, 0.717) is 18.8 Å². The first-order chi connectivity index (χ1) is 8.75. The number of pyridine rings is 2. The first kappa shape index (κ1) is 12.0. The SMILES string of the molecule is O=C(O)c1cncc(OCCc2ccccn2)c1. The molecule has 0 bridgehead atoms. The van der Waals surface area contributed by atoms with Crippen molar-refractivity contribution in [3.8, 4) is 5.75 Å². The summed E-state index contributed by atoms with van der Waals surface area (Å²) in [7, 11) is 0. The van der Waals surface area contributed by atoms with E-state index >= 15 is 0 Å². The lowest BCUT2D eigenvalue weighted by Crippen LogP contribution is -2.04. The molecule has 0 saturated carbocycles. The molecule has 0 amide bonds. The van der Waals surface area contributed by atoms with Crippen LogP contribution in [-0.4, -0.2) is 27.7 Å². The zero-order valence-electron chi connectivity index (χ0n) is 9.61. The summed E-state index contributed by atoms with van der Waals surface area (Å²) in [6.45, 7) is 0.432. The molecular formula is C13H12N2O3. The molecule has 0 saturated heterocycles. The van der Waals surface area contributed by atoms with Gasteiger partial charge in [0, 0.05) is 24.5 Å². The van der Waals surface area contributed by atoms with Crippen molar-refractivity contribution in [2.45, 2.75) is 6.42 Å². The normalized spacial score (nSPS) is 10.0. The summed E-state index contributed by atoms with van der Waals surface area (Å²) in [5.74, 6) is -0.566. The molecule has 0 aliphatic rings. The maximum absolute atomic E-state index is 10.7. The Morgan fingerprint density at radius 2 is 2.22 bits per heavy atom. The highest BCUT2D eigenvalue weighted by Gasteiger charge is 2.04. The van der Waals surface area contributed by atoms with Crippen LogP contribution in [0.3, 0.4) is 0 Å². The van der Waals surface area contributed by atoms with E-state index in [2.05, 4.69) is 9.97 Å². The summed E-state index contributed by atoms with van der Waals surface area (Å²) in [6.07, 6.45) is 5.17. The fourth-order valence-corrected chi connectivity index (χ4v) is 1.43. The van der Waals surface area contributed by atoms with Crippen LogP contribution in [0.25, 0.3) is 0 Å². The Balaban J connectivity index is 1.90. The van der Waals surface area contributed by atoms with Crippen LogP contribution in [-0.2, 0) is 6.42 Å². The fourth-order valence-electron chi connectivity index (χ4n) is 1.43. The number of carboxylic acids is 1. The van der Waals surface area contributed by atoms with Crippen LogP contribution in [0.1, 0.15) is 16.1 Å². The molecular weight excluding hydrogens is 232 g/mol. The summed E-state index contributed by atoms with van der Waals surface area (Å²) in [5, 5.41) is 8.81. The predicted molar refractivity (Wildman–Crippen MR) is 64.6 cm³/mol. The van der Waals surface area contributed by atoms with E-state index in [9.17, 15) is 4.79 Å². The smallest absolute Gasteiger partial charge is 0.337 e. The Morgan fingerprint density at radius 1 is 1.33 bits per heavy atom. The molecule has 0 radical (unpaired) electrons. The minimum absolute atomic E-state index is 0.116. The largest absolute Gasteiger partial charge is 0.492 e. The van der Waals surface area contributed by atoms with Crippen LogP contribution in [0.4, 0.5) is 0 Å². The average Bonchev–Trinajstić information content (AvgIpc) is 2.40. The molecule has 5 heteroatoms. The van der Waals surface area contributed by atoms with Crippen LogP contribution in [0.5, 0.6) is 5.75 Å². The lowest BCUT2D eigenvalue weighted by Gasteiger charge is -2.05. The van der Waals surface area contributed by atoms with Crippen LogP contribution < -0.4 is 4.74 Å². The van der Waals surface area contributed by atoms with E-state index < -0.39 is 5.97 Å². The highest BCUT2D eigenvalue weighted by Crippen LogP contribution is 2.11. The lowest BCUT2D eigenvalue weighted by atomic mass is 10.3. The van der Waals surface area contributed by atoms with Gasteiger partial charge in [-0.25, -0.2) is 4.79 Å². The Kier molecular flexibility index (Phi) is 3.86. The number of hydrogen-bond acceptors (Lipinski definition) is 4. The van der Waals surface area contributed by atoms with E-state index in [1.54, 1.807) is 6.20 Å². The van der Waals surface area contributed by atoms with Crippen molar-refractivity contribution in [2.24, 2.45) is 0 Å². The Bertz CT molecular complexity index is 529. The summed E-state index contributed by atoms with van der Waals surface area (Å²) >= 11 is 0. The summed E-state index contributed by atoms with van der Waals surface area (Å²) in [5.41, 5.74) is 1.05. The van der Waals surface area contributed by atoms with Gasteiger partial charge in [-0.3, -0.25) is 9.97 Å². The molecule has 1 N–H and O–H groups in total. The van der Waals surface area contributed by atoms with E-state index in [1.165, 1.54) is 18.5 Å². The van der Waals surface area contributed by atoms with Gasteiger partial charge in [-0.2, -0.15) is 0 Å². The first-order valence-corrected chi connectivity index (χ1v) is 5.47. The third kappa shape index (κ3) is 3.28. The van der Waals surface area contributed by atoms with E-state index in [-0.39, 0.29) is 5.56 Å². The number of aromatic carboxylic acids is 1. The van der Waals surface area contributed by atoms with Crippen LogP contribution in [0.2, 0.25) is 0 Å². The minimum Gasteiger partial charge on any atom is -0.492 e. The van der Waals surface area contributed by atoms with Gasteiger partial charge in [-0.15, -0.1) is 0 Å². The van der Waals surface area contributed by atoms with Crippen molar-refractivity contribution in [3.05, 3.63) is 54.1 Å². The molecule has 0 aliphatic heterocycles. The molecule has 0 aromatic carbocycles. The maximum Gasteiger partial charge on any atom is 0.337 e. The number of ether oxygens (including phenoxy) is 1. The van der Waals surface area contributed by atoms with Crippen molar-refractivity contribution >= 4 is 5.97 Å². The van der Waals surface area contributed by atoms with Gasteiger partial charge < -0.3 is 9.84 Å². The Morgan fingerprint density at radius 3 is 2.94 bits per heavy atom. The third-order valence-electron chi connectivity index (χ3n) is 2.31. The van der Waals surface area contributed by atoms with Crippen molar-refractivity contribution in [3.63, 3.8) is 0 Å².